The molecule has 3 aliphatic rings. The molecule has 4 N–H and O–H groups in total. The predicted octanol–water partition coefficient (Wildman–Crippen LogP) is 5.26. The number of carbonyl (C=O) groups is 5. The van der Waals surface area contributed by atoms with Crippen molar-refractivity contribution in [3.63, 3.8) is 0 Å². The molecule has 0 aromatic heterocycles. The molecule has 1 heterocycles. The minimum Gasteiger partial charge on any atom is -0.346 e. The van der Waals surface area contributed by atoms with Gasteiger partial charge in [0.15, 0.2) is 0 Å². The standard InChI is InChI=1S/C36H59F2N5O5/c1-8-20-39-31(46)28(44)25(21-26(37)38)40-30(45)27-24-15-12-14-23(24)22-43(27)32(47)29(35(5,6)7)41-33(48)42-36(17-10-9-11-18-36)19-13-16-34(2,3)4/h8,23-27,29H,1,9-22H2,2-7H3,(H,39,46)(H,40,45)(H2,41,42,48)/t23-,24-,25-,27-,29+/m0/s1. The zero-order valence-corrected chi connectivity index (χ0v) is 29.9. The Hall–Kier alpha value is -3.05. The van der Waals surface area contributed by atoms with Crippen LogP contribution in [0.2, 0.25) is 0 Å². The lowest BCUT2D eigenvalue weighted by Crippen LogP contribution is -2.62. The van der Waals surface area contributed by atoms with Gasteiger partial charge < -0.3 is 26.2 Å². The number of halogens is 2. The number of nitrogens with zero attached hydrogens (tertiary/aromatic N) is 1. The Bertz CT molecular complexity index is 1170. The van der Waals surface area contributed by atoms with Gasteiger partial charge in [0.1, 0.15) is 18.1 Å². The van der Waals surface area contributed by atoms with Crippen molar-refractivity contribution in [1.29, 1.82) is 0 Å². The molecule has 2 aliphatic carbocycles. The molecule has 0 spiro atoms. The van der Waals surface area contributed by atoms with Crippen molar-refractivity contribution in [2.75, 3.05) is 13.1 Å². The summed E-state index contributed by atoms with van der Waals surface area (Å²) in [5.41, 5.74) is -0.893. The second-order valence-corrected chi connectivity index (χ2v) is 16.5. The number of hydrogen-bond donors (Lipinski definition) is 4. The first kappa shape index (κ1) is 39.4. The normalized spacial score (nSPS) is 23.5. The molecule has 1 saturated heterocycles. The average molecular weight is 680 g/mol. The fourth-order valence-corrected chi connectivity index (χ4v) is 7.79. The number of hydrogen-bond acceptors (Lipinski definition) is 5. The Morgan fingerprint density at radius 2 is 1.62 bits per heavy atom. The molecule has 0 aromatic carbocycles. The summed E-state index contributed by atoms with van der Waals surface area (Å²) in [5, 5.41) is 10.9. The van der Waals surface area contributed by atoms with Crippen LogP contribution >= 0.6 is 0 Å². The summed E-state index contributed by atoms with van der Waals surface area (Å²) in [6, 6.07) is -4.18. The molecular formula is C36H59F2N5O5. The summed E-state index contributed by atoms with van der Waals surface area (Å²) in [6.45, 7) is 15.9. The number of alkyl halides is 2. The number of ketones is 1. The van der Waals surface area contributed by atoms with E-state index in [4.69, 9.17) is 0 Å². The van der Waals surface area contributed by atoms with Crippen LogP contribution in [-0.4, -0.2) is 77.6 Å². The molecule has 3 fully saturated rings. The van der Waals surface area contributed by atoms with Crippen LogP contribution in [0, 0.1) is 22.7 Å². The van der Waals surface area contributed by atoms with Crippen LogP contribution in [0.25, 0.3) is 0 Å². The molecular weight excluding hydrogens is 620 g/mol. The molecule has 0 radical (unpaired) electrons. The molecule has 5 amide bonds. The Balaban J connectivity index is 1.82. The smallest absolute Gasteiger partial charge is 0.315 e. The molecule has 0 bridgehead atoms. The van der Waals surface area contributed by atoms with Gasteiger partial charge in [-0.3, -0.25) is 19.2 Å². The van der Waals surface area contributed by atoms with Gasteiger partial charge in [0.25, 0.3) is 5.91 Å². The highest BCUT2D eigenvalue weighted by molar-refractivity contribution is 6.38. The second kappa shape index (κ2) is 16.6. The minimum absolute atomic E-state index is 0.0209. The fourth-order valence-electron chi connectivity index (χ4n) is 7.79. The number of nitrogens with one attached hydrogen (secondary N) is 4. The lowest BCUT2D eigenvalue weighted by molar-refractivity contribution is -0.145. The van der Waals surface area contributed by atoms with Crippen LogP contribution in [0.4, 0.5) is 13.6 Å². The van der Waals surface area contributed by atoms with Gasteiger partial charge >= 0.3 is 6.03 Å². The van der Waals surface area contributed by atoms with E-state index in [1.165, 1.54) is 11.0 Å². The summed E-state index contributed by atoms with van der Waals surface area (Å²) < 4.78 is 27.0. The fraction of sp³-hybridized carbons (Fsp3) is 0.806. The summed E-state index contributed by atoms with van der Waals surface area (Å²) >= 11 is 0. The maximum Gasteiger partial charge on any atom is 0.315 e. The van der Waals surface area contributed by atoms with Gasteiger partial charge in [-0.05, 0) is 61.2 Å². The van der Waals surface area contributed by atoms with Crippen LogP contribution in [-0.2, 0) is 19.2 Å². The molecule has 1 aliphatic heterocycles. The molecule has 0 unspecified atom stereocenters. The first-order chi connectivity index (χ1) is 22.4. The minimum atomic E-state index is -2.96. The Labute approximate surface area is 285 Å². The van der Waals surface area contributed by atoms with Crippen molar-refractivity contribution >= 4 is 29.5 Å². The van der Waals surface area contributed by atoms with Crippen molar-refractivity contribution < 1.29 is 32.8 Å². The average Bonchev–Trinajstić information content (AvgIpc) is 3.58. The number of Topliss-reactive ketones (excluding diaryl/α,β-unsaturated/α-hetero) is 1. The van der Waals surface area contributed by atoms with Crippen LogP contribution in [0.3, 0.4) is 0 Å². The van der Waals surface area contributed by atoms with Gasteiger partial charge in [0.2, 0.25) is 24.0 Å². The summed E-state index contributed by atoms with van der Waals surface area (Å²) in [4.78, 5) is 68.6. The van der Waals surface area contributed by atoms with Crippen molar-refractivity contribution in [2.45, 2.75) is 149 Å². The molecule has 2 saturated carbocycles. The third-order valence-electron chi connectivity index (χ3n) is 10.3. The maximum atomic E-state index is 14.4. The molecule has 5 atom stereocenters. The molecule has 0 aromatic rings. The Morgan fingerprint density at radius 1 is 0.958 bits per heavy atom. The number of amides is 5. The lowest BCUT2D eigenvalue weighted by Gasteiger charge is -2.41. The highest BCUT2D eigenvalue weighted by Crippen LogP contribution is 2.43. The van der Waals surface area contributed by atoms with Crippen LogP contribution in [0.15, 0.2) is 12.7 Å². The van der Waals surface area contributed by atoms with E-state index < -0.39 is 65.9 Å². The Morgan fingerprint density at radius 3 is 2.21 bits per heavy atom. The van der Waals surface area contributed by atoms with Crippen molar-refractivity contribution in [3.8, 4) is 0 Å². The van der Waals surface area contributed by atoms with Gasteiger partial charge in [-0.2, -0.15) is 0 Å². The third-order valence-corrected chi connectivity index (χ3v) is 10.3. The highest BCUT2D eigenvalue weighted by atomic mass is 19.3. The number of urea groups is 1. The maximum absolute atomic E-state index is 14.4. The van der Waals surface area contributed by atoms with E-state index in [1.807, 2.05) is 20.8 Å². The van der Waals surface area contributed by atoms with Crippen LogP contribution in [0.1, 0.15) is 119 Å². The summed E-state index contributed by atoms with van der Waals surface area (Å²) in [5.74, 6) is -3.67. The van der Waals surface area contributed by atoms with Crippen molar-refractivity contribution in [1.82, 2.24) is 26.2 Å². The second-order valence-electron chi connectivity index (χ2n) is 16.5. The van der Waals surface area contributed by atoms with E-state index >= 15 is 0 Å². The van der Waals surface area contributed by atoms with Gasteiger partial charge in [-0.25, -0.2) is 13.6 Å². The van der Waals surface area contributed by atoms with E-state index in [9.17, 15) is 32.8 Å². The first-order valence-corrected chi connectivity index (χ1v) is 17.8. The predicted molar refractivity (Wildman–Crippen MR) is 181 cm³/mol. The monoisotopic (exact) mass is 679 g/mol. The van der Waals surface area contributed by atoms with Crippen molar-refractivity contribution in [3.05, 3.63) is 12.7 Å². The molecule has 3 rings (SSSR count). The SMILES string of the molecule is C=CCNC(=O)C(=O)[C@H](CC(F)F)NC(=O)[C@@H]1[C@H]2CCC[C@H]2CN1C(=O)[C@@H](NC(=O)NC1(CCCC(C)(C)C)CCCCC1)C(C)(C)C. The number of likely N-dealkylation sites (tertiary alicyclic amines) is 1. The first-order valence-electron chi connectivity index (χ1n) is 17.8. The summed E-state index contributed by atoms with van der Waals surface area (Å²) in [7, 11) is 0. The van der Waals surface area contributed by atoms with Gasteiger partial charge in [0, 0.05) is 25.0 Å². The number of carbonyl (C=O) groups excluding carboxylic acids is 5. The zero-order valence-electron chi connectivity index (χ0n) is 29.9. The highest BCUT2D eigenvalue weighted by Gasteiger charge is 2.52. The van der Waals surface area contributed by atoms with E-state index in [-0.39, 0.29) is 35.9 Å². The third kappa shape index (κ3) is 10.7. The zero-order chi connectivity index (χ0) is 35.9. The van der Waals surface area contributed by atoms with E-state index in [2.05, 4.69) is 48.6 Å². The van der Waals surface area contributed by atoms with Gasteiger partial charge in [-0.1, -0.05) is 79.7 Å². The van der Waals surface area contributed by atoms with E-state index in [1.54, 1.807) is 0 Å². The van der Waals surface area contributed by atoms with E-state index in [0.717, 1.165) is 64.2 Å². The van der Waals surface area contributed by atoms with Crippen LogP contribution in [0.5, 0.6) is 0 Å². The van der Waals surface area contributed by atoms with Crippen LogP contribution < -0.4 is 21.3 Å². The molecule has 48 heavy (non-hydrogen) atoms. The number of fused-ring (bicyclic) bond motifs is 1. The van der Waals surface area contributed by atoms with Crippen molar-refractivity contribution in [2.24, 2.45) is 22.7 Å². The topological polar surface area (TPSA) is 137 Å². The molecule has 10 nitrogen and oxygen atoms in total. The number of rotatable bonds is 14. The lowest BCUT2D eigenvalue weighted by atomic mass is 9.76. The Kier molecular flexibility index (Phi) is 13.6. The van der Waals surface area contributed by atoms with E-state index in [0.29, 0.717) is 6.42 Å². The quantitative estimate of drug-likeness (QED) is 0.147. The summed E-state index contributed by atoms with van der Waals surface area (Å²) in [6.07, 6.45) is 7.44. The molecule has 272 valence electrons. The largest absolute Gasteiger partial charge is 0.346 e. The van der Waals surface area contributed by atoms with Gasteiger partial charge in [-0.15, -0.1) is 6.58 Å². The van der Waals surface area contributed by atoms with Gasteiger partial charge in [0.05, 0.1) is 0 Å². The molecule has 12 heteroatoms.